The van der Waals surface area contributed by atoms with E-state index in [4.69, 9.17) is 11.6 Å². The molecule has 6 heteroatoms. The van der Waals surface area contributed by atoms with Crippen molar-refractivity contribution in [2.24, 2.45) is 0 Å². The fraction of sp³-hybridized carbons (Fsp3) is 0.250. The summed E-state index contributed by atoms with van der Waals surface area (Å²) in [4.78, 5) is 29.2. The summed E-state index contributed by atoms with van der Waals surface area (Å²) in [5.41, 5.74) is 2.49. The average Bonchev–Trinajstić information content (AvgIpc) is 2.63. The Labute approximate surface area is 156 Å². The summed E-state index contributed by atoms with van der Waals surface area (Å²) in [7, 11) is 0. The smallest absolute Gasteiger partial charge is 0.261 e. The van der Waals surface area contributed by atoms with Gasteiger partial charge in [-0.05, 0) is 37.1 Å². The van der Waals surface area contributed by atoms with E-state index in [2.05, 4.69) is 10.3 Å². The second-order valence-corrected chi connectivity index (χ2v) is 6.71. The van der Waals surface area contributed by atoms with Crippen molar-refractivity contribution in [3.05, 3.63) is 75.3 Å². The third-order valence-electron chi connectivity index (χ3n) is 4.32. The van der Waals surface area contributed by atoms with Crippen LogP contribution in [-0.4, -0.2) is 15.5 Å². The highest BCUT2D eigenvalue weighted by Gasteiger charge is 2.14. The number of nitrogens with one attached hydrogen (secondary N) is 1. The topological polar surface area (TPSA) is 64.0 Å². The van der Waals surface area contributed by atoms with Gasteiger partial charge in [0.25, 0.3) is 5.56 Å². The minimum absolute atomic E-state index is 0.0867. The number of halogens is 1. The van der Waals surface area contributed by atoms with Crippen LogP contribution >= 0.6 is 11.6 Å². The molecule has 0 aliphatic heterocycles. The van der Waals surface area contributed by atoms with E-state index in [0.717, 1.165) is 12.0 Å². The number of hydrogen-bond donors (Lipinski definition) is 1. The van der Waals surface area contributed by atoms with E-state index in [0.29, 0.717) is 15.9 Å². The molecular weight excluding hydrogens is 350 g/mol. The first-order valence-electron chi connectivity index (χ1n) is 8.48. The monoisotopic (exact) mass is 369 g/mol. The number of aryl methyl sites for hydroxylation is 1. The van der Waals surface area contributed by atoms with Crippen LogP contribution in [0.4, 0.5) is 0 Å². The molecule has 1 heterocycles. The Bertz CT molecular complexity index is 996. The average molecular weight is 370 g/mol. The van der Waals surface area contributed by atoms with E-state index in [1.165, 1.54) is 16.5 Å². The molecule has 0 saturated heterocycles. The van der Waals surface area contributed by atoms with E-state index in [1.807, 2.05) is 38.1 Å². The molecule has 0 aliphatic carbocycles. The van der Waals surface area contributed by atoms with Gasteiger partial charge in [0.1, 0.15) is 6.54 Å². The van der Waals surface area contributed by atoms with Crippen LogP contribution in [0.1, 0.15) is 30.5 Å². The molecule has 0 bridgehead atoms. The molecule has 134 valence electrons. The number of aromatic nitrogens is 2. The molecule has 5 nitrogen and oxygen atoms in total. The maximum Gasteiger partial charge on any atom is 0.261 e. The van der Waals surface area contributed by atoms with E-state index in [9.17, 15) is 9.59 Å². The Morgan fingerprint density at radius 3 is 2.65 bits per heavy atom. The Balaban J connectivity index is 1.79. The van der Waals surface area contributed by atoms with Crippen molar-refractivity contribution in [3.63, 3.8) is 0 Å². The molecule has 0 radical (unpaired) electrons. The second-order valence-electron chi connectivity index (χ2n) is 6.28. The third-order valence-corrected chi connectivity index (χ3v) is 4.56. The lowest BCUT2D eigenvalue weighted by Gasteiger charge is -2.18. The standard InChI is InChI=1S/C20H20ClN3O2/c1-3-17(14-6-4-13(2)5-7-14)23-19(25)11-24-12-22-18-9-8-15(21)10-16(18)20(24)26/h4-10,12,17H,3,11H2,1-2H3,(H,23,25)/t17-/m1/s1. The van der Waals surface area contributed by atoms with E-state index < -0.39 is 0 Å². The first-order chi connectivity index (χ1) is 12.5. The van der Waals surface area contributed by atoms with Crippen LogP contribution in [0, 0.1) is 6.92 Å². The summed E-state index contributed by atoms with van der Waals surface area (Å²) in [6.07, 6.45) is 2.15. The zero-order chi connectivity index (χ0) is 18.7. The van der Waals surface area contributed by atoms with E-state index in [-0.39, 0.29) is 24.1 Å². The quantitative estimate of drug-likeness (QED) is 0.747. The summed E-state index contributed by atoms with van der Waals surface area (Å²) in [6.45, 7) is 3.95. The summed E-state index contributed by atoms with van der Waals surface area (Å²) < 4.78 is 1.30. The minimum Gasteiger partial charge on any atom is -0.348 e. The van der Waals surface area contributed by atoms with Gasteiger partial charge in [-0.15, -0.1) is 0 Å². The molecule has 0 unspecified atom stereocenters. The lowest BCUT2D eigenvalue weighted by atomic mass is 10.0. The Morgan fingerprint density at radius 1 is 1.23 bits per heavy atom. The lowest BCUT2D eigenvalue weighted by Crippen LogP contribution is -2.34. The zero-order valence-electron chi connectivity index (χ0n) is 14.7. The first-order valence-corrected chi connectivity index (χ1v) is 8.86. The first kappa shape index (κ1) is 18.1. The SMILES string of the molecule is CC[C@@H](NC(=O)Cn1cnc2ccc(Cl)cc2c1=O)c1ccc(C)cc1. The van der Waals surface area contributed by atoms with Gasteiger partial charge in [0.2, 0.25) is 5.91 Å². The molecule has 3 aromatic rings. The van der Waals surface area contributed by atoms with Gasteiger partial charge in [-0.25, -0.2) is 4.98 Å². The van der Waals surface area contributed by atoms with E-state index in [1.54, 1.807) is 18.2 Å². The summed E-state index contributed by atoms with van der Waals surface area (Å²) in [5, 5.41) is 3.85. The lowest BCUT2D eigenvalue weighted by molar-refractivity contribution is -0.122. The number of carbonyl (C=O) groups excluding carboxylic acids is 1. The van der Waals surface area contributed by atoms with Crippen molar-refractivity contribution in [1.82, 2.24) is 14.9 Å². The van der Waals surface area contributed by atoms with Crippen LogP contribution in [0.3, 0.4) is 0 Å². The molecule has 0 fully saturated rings. The van der Waals surface area contributed by atoms with Gasteiger partial charge in [-0.1, -0.05) is 48.4 Å². The molecule has 1 aromatic heterocycles. The zero-order valence-corrected chi connectivity index (χ0v) is 15.5. The minimum atomic E-state index is -0.281. The van der Waals surface area contributed by atoms with Gasteiger partial charge in [-0.2, -0.15) is 0 Å². The summed E-state index contributed by atoms with van der Waals surface area (Å²) >= 11 is 5.96. The van der Waals surface area contributed by atoms with Crippen molar-refractivity contribution < 1.29 is 4.79 Å². The fourth-order valence-corrected chi connectivity index (χ4v) is 3.03. The number of nitrogens with zero attached hydrogens (tertiary/aromatic N) is 2. The Hall–Kier alpha value is -2.66. The van der Waals surface area contributed by atoms with Crippen molar-refractivity contribution in [1.29, 1.82) is 0 Å². The van der Waals surface area contributed by atoms with Crippen LogP contribution in [-0.2, 0) is 11.3 Å². The van der Waals surface area contributed by atoms with Crippen molar-refractivity contribution >= 4 is 28.4 Å². The van der Waals surface area contributed by atoms with Gasteiger partial charge in [-0.3, -0.25) is 14.2 Å². The van der Waals surface area contributed by atoms with Gasteiger partial charge < -0.3 is 5.32 Å². The maximum atomic E-state index is 12.6. The van der Waals surface area contributed by atoms with Crippen molar-refractivity contribution in [2.45, 2.75) is 32.9 Å². The van der Waals surface area contributed by atoms with Crippen LogP contribution < -0.4 is 10.9 Å². The van der Waals surface area contributed by atoms with Gasteiger partial charge in [0.05, 0.1) is 23.3 Å². The van der Waals surface area contributed by atoms with E-state index >= 15 is 0 Å². The van der Waals surface area contributed by atoms with Gasteiger partial charge in [0.15, 0.2) is 0 Å². The van der Waals surface area contributed by atoms with Crippen LogP contribution in [0.2, 0.25) is 5.02 Å². The Kier molecular flexibility index (Phi) is 5.38. The molecule has 2 aromatic carbocycles. The highest BCUT2D eigenvalue weighted by Crippen LogP contribution is 2.17. The molecule has 3 rings (SSSR count). The number of hydrogen-bond acceptors (Lipinski definition) is 3. The van der Waals surface area contributed by atoms with Crippen LogP contribution in [0.25, 0.3) is 10.9 Å². The predicted octanol–water partition coefficient (Wildman–Crippen LogP) is 3.63. The third kappa shape index (κ3) is 3.94. The normalized spacial score (nSPS) is 12.1. The number of carbonyl (C=O) groups is 1. The molecule has 1 amide bonds. The molecule has 26 heavy (non-hydrogen) atoms. The number of benzene rings is 2. The van der Waals surface area contributed by atoms with Gasteiger partial charge >= 0.3 is 0 Å². The van der Waals surface area contributed by atoms with Crippen molar-refractivity contribution in [3.8, 4) is 0 Å². The Morgan fingerprint density at radius 2 is 1.96 bits per heavy atom. The van der Waals surface area contributed by atoms with Gasteiger partial charge in [0, 0.05) is 5.02 Å². The second kappa shape index (κ2) is 7.70. The fourth-order valence-electron chi connectivity index (χ4n) is 2.86. The highest BCUT2D eigenvalue weighted by atomic mass is 35.5. The number of rotatable bonds is 5. The molecule has 0 aliphatic rings. The number of amides is 1. The largest absolute Gasteiger partial charge is 0.348 e. The molecule has 1 atom stereocenters. The highest BCUT2D eigenvalue weighted by molar-refractivity contribution is 6.31. The van der Waals surface area contributed by atoms with Crippen LogP contribution in [0.15, 0.2) is 53.6 Å². The molecule has 1 N–H and O–H groups in total. The molecule has 0 saturated carbocycles. The summed E-state index contributed by atoms with van der Waals surface area (Å²) in [5.74, 6) is -0.234. The summed E-state index contributed by atoms with van der Waals surface area (Å²) in [6, 6.07) is 12.9. The van der Waals surface area contributed by atoms with Crippen molar-refractivity contribution in [2.75, 3.05) is 0 Å². The number of fused-ring (bicyclic) bond motifs is 1. The maximum absolute atomic E-state index is 12.6. The molecular formula is C20H20ClN3O2. The van der Waals surface area contributed by atoms with Crippen LogP contribution in [0.5, 0.6) is 0 Å². The predicted molar refractivity (Wildman–Crippen MR) is 103 cm³/mol. The molecule has 0 spiro atoms.